The molecule has 2 aliphatic rings. The standard InChI is InChI=1S/C25H25ClN2O/c1-17-7-5-4-6-8-19(10-9-18(2)29-3)25-24-21(13-14-28(25)16-17)22-15-20(26)11-12-23(22)27-24/h4-12,15,25,27H,1-2,13-14,16H2,3H3/b6-4-,7-5-,10-9-,19-8+/t25-/m0/s1. The summed E-state index contributed by atoms with van der Waals surface area (Å²) < 4.78 is 5.24. The van der Waals surface area contributed by atoms with Gasteiger partial charge in [0.25, 0.3) is 0 Å². The summed E-state index contributed by atoms with van der Waals surface area (Å²) in [5.41, 5.74) is 5.95. The molecule has 1 atom stereocenters. The van der Waals surface area contributed by atoms with Crippen LogP contribution in [0.15, 0.2) is 90.8 Å². The molecule has 4 rings (SSSR count). The number of rotatable bonds is 3. The smallest absolute Gasteiger partial charge is 0.111 e. The molecule has 4 heteroatoms. The number of nitrogens with one attached hydrogen (secondary N) is 1. The largest absolute Gasteiger partial charge is 0.497 e. The van der Waals surface area contributed by atoms with Gasteiger partial charge in [-0.15, -0.1) is 0 Å². The second-order valence-electron chi connectivity index (χ2n) is 7.40. The first-order chi connectivity index (χ1) is 14.1. The fourth-order valence-electron chi connectivity index (χ4n) is 4.09. The predicted molar refractivity (Wildman–Crippen MR) is 122 cm³/mol. The van der Waals surface area contributed by atoms with Crippen LogP contribution in [0.1, 0.15) is 17.3 Å². The van der Waals surface area contributed by atoms with Crippen molar-refractivity contribution in [3.05, 3.63) is 107 Å². The van der Waals surface area contributed by atoms with Gasteiger partial charge in [-0.1, -0.05) is 61.2 Å². The van der Waals surface area contributed by atoms with Gasteiger partial charge in [0.05, 0.1) is 13.2 Å². The third kappa shape index (κ3) is 4.02. The van der Waals surface area contributed by atoms with E-state index in [0.717, 1.165) is 35.6 Å². The van der Waals surface area contributed by atoms with Crippen LogP contribution in [0.3, 0.4) is 0 Å². The van der Waals surface area contributed by atoms with Gasteiger partial charge < -0.3 is 9.72 Å². The maximum Gasteiger partial charge on any atom is 0.111 e. The van der Waals surface area contributed by atoms with Gasteiger partial charge in [-0.3, -0.25) is 4.90 Å². The van der Waals surface area contributed by atoms with E-state index in [1.807, 2.05) is 24.3 Å². The van der Waals surface area contributed by atoms with Crippen molar-refractivity contribution in [2.45, 2.75) is 12.5 Å². The van der Waals surface area contributed by atoms with Crippen LogP contribution in [-0.2, 0) is 11.2 Å². The summed E-state index contributed by atoms with van der Waals surface area (Å²) in [5.74, 6) is 0.627. The maximum absolute atomic E-state index is 6.29. The molecule has 1 aromatic heterocycles. The summed E-state index contributed by atoms with van der Waals surface area (Å²) in [5, 5.41) is 1.98. The molecule has 0 saturated carbocycles. The Bertz CT molecular complexity index is 1080. The fraction of sp³-hybridized carbons (Fsp3) is 0.200. The van der Waals surface area contributed by atoms with Crippen molar-refractivity contribution in [2.24, 2.45) is 0 Å². The van der Waals surface area contributed by atoms with Crippen molar-refractivity contribution in [1.29, 1.82) is 0 Å². The van der Waals surface area contributed by atoms with Crippen LogP contribution in [0.4, 0.5) is 0 Å². The van der Waals surface area contributed by atoms with E-state index in [1.54, 1.807) is 7.11 Å². The van der Waals surface area contributed by atoms with E-state index in [9.17, 15) is 0 Å². The average Bonchev–Trinajstić information content (AvgIpc) is 3.07. The topological polar surface area (TPSA) is 28.3 Å². The Morgan fingerprint density at radius 1 is 1.31 bits per heavy atom. The molecule has 2 aromatic rings. The Balaban J connectivity index is 1.87. The number of halogens is 1. The predicted octanol–water partition coefficient (Wildman–Crippen LogP) is 6.05. The molecule has 0 bridgehead atoms. The second kappa shape index (κ2) is 8.32. The van der Waals surface area contributed by atoms with Crippen molar-refractivity contribution in [2.75, 3.05) is 20.2 Å². The first-order valence-corrected chi connectivity index (χ1v) is 10.1. The zero-order chi connectivity index (χ0) is 20.4. The summed E-state index contributed by atoms with van der Waals surface area (Å²) >= 11 is 6.29. The normalized spacial score (nSPS) is 23.9. The molecule has 0 unspecified atom stereocenters. The molecule has 2 aliphatic heterocycles. The van der Waals surface area contributed by atoms with Gasteiger partial charge in [0.15, 0.2) is 0 Å². The number of hydrogen-bond donors (Lipinski definition) is 1. The zero-order valence-electron chi connectivity index (χ0n) is 16.6. The molecule has 148 valence electrons. The second-order valence-corrected chi connectivity index (χ2v) is 7.84. The van der Waals surface area contributed by atoms with Crippen molar-refractivity contribution in [3.8, 4) is 0 Å². The number of ether oxygens (including phenoxy) is 1. The Morgan fingerprint density at radius 3 is 3.00 bits per heavy atom. The van der Waals surface area contributed by atoms with Crippen LogP contribution in [-0.4, -0.2) is 30.1 Å². The van der Waals surface area contributed by atoms with Crippen molar-refractivity contribution in [1.82, 2.24) is 9.88 Å². The molecule has 0 fully saturated rings. The van der Waals surface area contributed by atoms with Crippen molar-refractivity contribution in [3.63, 3.8) is 0 Å². The molecule has 0 saturated heterocycles. The highest BCUT2D eigenvalue weighted by atomic mass is 35.5. The third-order valence-electron chi connectivity index (χ3n) is 5.48. The number of aromatic nitrogens is 1. The Morgan fingerprint density at radius 2 is 2.17 bits per heavy atom. The van der Waals surface area contributed by atoms with Gasteiger partial charge in [0.2, 0.25) is 0 Å². The average molecular weight is 405 g/mol. The van der Waals surface area contributed by atoms with Crippen LogP contribution in [0.2, 0.25) is 5.02 Å². The number of allylic oxidation sites excluding steroid dienone is 5. The molecule has 0 amide bonds. The van der Waals surface area contributed by atoms with E-state index in [4.69, 9.17) is 16.3 Å². The molecule has 3 nitrogen and oxygen atoms in total. The molecule has 29 heavy (non-hydrogen) atoms. The van der Waals surface area contributed by atoms with Gasteiger partial charge >= 0.3 is 0 Å². The highest BCUT2D eigenvalue weighted by Crippen LogP contribution is 2.40. The van der Waals surface area contributed by atoms with Crippen LogP contribution < -0.4 is 0 Å². The number of benzene rings is 1. The molecular weight excluding hydrogens is 380 g/mol. The monoisotopic (exact) mass is 404 g/mol. The summed E-state index contributed by atoms with van der Waals surface area (Å²) in [6.45, 7) is 9.92. The Hall–Kier alpha value is -2.75. The first kappa shape index (κ1) is 19.6. The van der Waals surface area contributed by atoms with Crippen LogP contribution in [0.25, 0.3) is 10.9 Å². The lowest BCUT2D eigenvalue weighted by Crippen LogP contribution is -2.37. The molecule has 1 N–H and O–H groups in total. The Labute approximate surface area is 177 Å². The SMILES string of the molecule is C=C1\C=C/C=C\C=C(/C=C\C(=C)OC)[C@H]2c3[nH]c4ccc(Cl)cc4c3CCN2C1. The lowest BCUT2D eigenvalue weighted by Gasteiger charge is -2.37. The molecule has 1 aromatic carbocycles. The van der Waals surface area contributed by atoms with Gasteiger partial charge in [-0.05, 0) is 47.4 Å². The number of fused-ring (bicyclic) bond motifs is 5. The summed E-state index contributed by atoms with van der Waals surface area (Å²) in [7, 11) is 1.63. The lowest BCUT2D eigenvalue weighted by molar-refractivity contribution is 0.230. The highest BCUT2D eigenvalue weighted by molar-refractivity contribution is 6.31. The van der Waals surface area contributed by atoms with E-state index in [0.29, 0.717) is 5.76 Å². The zero-order valence-corrected chi connectivity index (χ0v) is 17.4. The van der Waals surface area contributed by atoms with Crippen molar-refractivity contribution >= 4 is 22.5 Å². The maximum atomic E-state index is 6.29. The minimum atomic E-state index is 0.0822. The van der Waals surface area contributed by atoms with E-state index >= 15 is 0 Å². The van der Waals surface area contributed by atoms with Crippen LogP contribution >= 0.6 is 11.6 Å². The quantitative estimate of drug-likeness (QED) is 0.498. The summed E-state index contributed by atoms with van der Waals surface area (Å²) in [6.07, 6.45) is 15.4. The highest BCUT2D eigenvalue weighted by Gasteiger charge is 2.32. The van der Waals surface area contributed by atoms with E-state index in [-0.39, 0.29) is 6.04 Å². The molecular formula is C25H25ClN2O. The number of aromatic amines is 1. The number of hydrogen-bond acceptors (Lipinski definition) is 2. The van der Waals surface area contributed by atoms with Gasteiger partial charge in [0, 0.05) is 34.7 Å². The van der Waals surface area contributed by atoms with Gasteiger partial charge in [-0.25, -0.2) is 0 Å². The molecule has 0 radical (unpaired) electrons. The first-order valence-electron chi connectivity index (χ1n) is 9.74. The van der Waals surface area contributed by atoms with Gasteiger partial charge in [0.1, 0.15) is 5.76 Å². The summed E-state index contributed by atoms with van der Waals surface area (Å²) in [4.78, 5) is 6.14. The van der Waals surface area contributed by atoms with Crippen LogP contribution in [0, 0.1) is 0 Å². The minimum Gasteiger partial charge on any atom is -0.497 e. The molecule has 0 aliphatic carbocycles. The fourth-order valence-corrected chi connectivity index (χ4v) is 4.26. The lowest BCUT2D eigenvalue weighted by atomic mass is 9.90. The third-order valence-corrected chi connectivity index (χ3v) is 5.71. The number of nitrogens with zero attached hydrogens (tertiary/aromatic N) is 1. The number of methoxy groups -OCH3 is 1. The summed E-state index contributed by atoms with van der Waals surface area (Å²) in [6, 6.07) is 6.15. The van der Waals surface area contributed by atoms with E-state index < -0.39 is 0 Å². The Kier molecular flexibility index (Phi) is 5.61. The molecule has 0 spiro atoms. The van der Waals surface area contributed by atoms with E-state index in [2.05, 4.69) is 59.5 Å². The minimum absolute atomic E-state index is 0.0822. The number of H-pyrrole nitrogens is 1. The van der Waals surface area contributed by atoms with E-state index in [1.165, 1.54) is 22.2 Å². The van der Waals surface area contributed by atoms with Crippen LogP contribution in [0.5, 0.6) is 0 Å². The van der Waals surface area contributed by atoms with Crippen molar-refractivity contribution < 1.29 is 4.74 Å². The molecule has 3 heterocycles. The van der Waals surface area contributed by atoms with Gasteiger partial charge in [-0.2, -0.15) is 0 Å².